The van der Waals surface area contributed by atoms with Gasteiger partial charge in [-0.25, -0.2) is 0 Å². The molecule has 4 aromatic carbocycles. The molecule has 0 spiro atoms. The second-order valence-electron chi connectivity index (χ2n) is 7.91. The maximum Gasteiger partial charge on any atom is 0.122 e. The molecule has 0 aromatic heterocycles. The molecule has 0 atom stereocenters. The van der Waals surface area contributed by atoms with Crippen molar-refractivity contribution in [2.75, 3.05) is 14.2 Å². The van der Waals surface area contributed by atoms with E-state index in [-0.39, 0.29) is 0 Å². The lowest BCUT2D eigenvalue weighted by Gasteiger charge is -2.08. The summed E-state index contributed by atoms with van der Waals surface area (Å²) < 4.78 is 10.9. The minimum atomic E-state index is 0.908. The molecule has 0 bridgehead atoms. The van der Waals surface area contributed by atoms with Crippen molar-refractivity contribution in [1.82, 2.24) is 0 Å². The van der Waals surface area contributed by atoms with Gasteiger partial charge in [-0.3, -0.25) is 0 Å². The summed E-state index contributed by atoms with van der Waals surface area (Å²) in [5.41, 5.74) is 6.89. The summed E-state index contributed by atoms with van der Waals surface area (Å²) in [7, 11) is 3.42. The number of methoxy groups -OCH3 is 2. The number of benzene rings is 4. The zero-order valence-corrected chi connectivity index (χ0v) is 19.1. The molecule has 0 saturated carbocycles. The largest absolute Gasteiger partial charge is 0.496 e. The van der Waals surface area contributed by atoms with E-state index in [2.05, 4.69) is 111 Å². The lowest BCUT2D eigenvalue weighted by molar-refractivity contribution is 0.411. The molecule has 0 radical (unpaired) electrons. The Labute approximate surface area is 190 Å². The predicted octanol–water partition coefficient (Wildman–Crippen LogP) is 7.81. The van der Waals surface area contributed by atoms with E-state index in [1.54, 1.807) is 14.2 Å². The zero-order chi connectivity index (χ0) is 22.5. The van der Waals surface area contributed by atoms with Crippen LogP contribution in [0.2, 0.25) is 0 Å². The zero-order valence-electron chi connectivity index (χ0n) is 19.1. The quantitative estimate of drug-likeness (QED) is 0.296. The molecule has 0 N–H and O–H groups in total. The van der Waals surface area contributed by atoms with E-state index in [1.807, 2.05) is 0 Å². The molecular weight excluding hydrogens is 392 g/mol. The van der Waals surface area contributed by atoms with Crippen LogP contribution in [0.15, 0.2) is 72.8 Å². The molecule has 160 valence electrons. The van der Waals surface area contributed by atoms with Crippen LogP contribution in [0.25, 0.3) is 35.1 Å². The minimum absolute atomic E-state index is 0.908. The van der Waals surface area contributed by atoms with Crippen molar-refractivity contribution in [1.29, 1.82) is 0 Å². The second-order valence-corrected chi connectivity index (χ2v) is 7.91. The number of aryl methyl sites for hydroxylation is 2. The molecular formula is C30H28O2. The highest BCUT2D eigenvalue weighted by Gasteiger charge is 2.04. The molecule has 0 aliphatic carbocycles. The summed E-state index contributed by atoms with van der Waals surface area (Å²) >= 11 is 0. The van der Waals surface area contributed by atoms with Crippen molar-refractivity contribution >= 4 is 35.1 Å². The summed E-state index contributed by atoms with van der Waals surface area (Å²) in [5.74, 6) is 1.82. The van der Waals surface area contributed by atoms with Gasteiger partial charge in [-0.2, -0.15) is 0 Å². The Morgan fingerprint density at radius 3 is 1.38 bits per heavy atom. The number of fused-ring (bicyclic) bond motifs is 1. The molecule has 2 nitrogen and oxygen atoms in total. The molecule has 0 unspecified atom stereocenters. The van der Waals surface area contributed by atoms with Crippen LogP contribution in [-0.4, -0.2) is 14.2 Å². The topological polar surface area (TPSA) is 18.5 Å². The Kier molecular flexibility index (Phi) is 6.42. The van der Waals surface area contributed by atoms with Gasteiger partial charge in [0, 0.05) is 0 Å². The van der Waals surface area contributed by atoms with Gasteiger partial charge in [-0.1, -0.05) is 85.0 Å². The van der Waals surface area contributed by atoms with Gasteiger partial charge >= 0.3 is 0 Å². The molecule has 2 heteroatoms. The average Bonchev–Trinajstić information content (AvgIpc) is 2.83. The van der Waals surface area contributed by atoms with Gasteiger partial charge < -0.3 is 9.47 Å². The fraction of sp³-hybridized carbons (Fsp3) is 0.133. The predicted molar refractivity (Wildman–Crippen MR) is 137 cm³/mol. The van der Waals surface area contributed by atoms with Crippen LogP contribution < -0.4 is 9.47 Å². The van der Waals surface area contributed by atoms with Gasteiger partial charge in [0.15, 0.2) is 0 Å². The standard InChI is InChI=1S/C30H28O2/c1-21-9-11-23(19-29(21)31-3)13-15-25-17-18-26(28-8-6-5-7-27(25)28)16-14-24-12-10-22(2)30(20-24)32-4/h5-20H,1-4H3/b15-13+,16-14+. The first kappa shape index (κ1) is 21.5. The van der Waals surface area contributed by atoms with Gasteiger partial charge in [-0.05, 0) is 70.1 Å². The third-order valence-electron chi connectivity index (χ3n) is 5.77. The lowest BCUT2D eigenvalue weighted by Crippen LogP contribution is -1.87. The average molecular weight is 421 g/mol. The fourth-order valence-electron chi connectivity index (χ4n) is 3.89. The minimum Gasteiger partial charge on any atom is -0.496 e. The molecule has 0 aliphatic rings. The van der Waals surface area contributed by atoms with Gasteiger partial charge in [0.2, 0.25) is 0 Å². The second kappa shape index (κ2) is 9.57. The van der Waals surface area contributed by atoms with Crippen molar-refractivity contribution in [3.05, 3.63) is 106 Å². The van der Waals surface area contributed by atoms with E-state index in [0.717, 1.165) is 33.8 Å². The Bertz CT molecular complexity index is 1210. The van der Waals surface area contributed by atoms with E-state index >= 15 is 0 Å². The van der Waals surface area contributed by atoms with Crippen molar-refractivity contribution in [3.8, 4) is 11.5 Å². The third kappa shape index (κ3) is 4.60. The summed E-state index contributed by atoms with van der Waals surface area (Å²) in [4.78, 5) is 0. The van der Waals surface area contributed by atoms with Crippen molar-refractivity contribution in [2.24, 2.45) is 0 Å². The number of rotatable bonds is 6. The molecule has 0 fully saturated rings. The SMILES string of the molecule is COc1cc(/C=C/c2ccc(/C=C/c3ccc(C)c(OC)c3)c3ccccc23)ccc1C. The van der Waals surface area contributed by atoms with Crippen LogP contribution in [0.4, 0.5) is 0 Å². The van der Waals surface area contributed by atoms with E-state index < -0.39 is 0 Å². The van der Waals surface area contributed by atoms with E-state index in [0.29, 0.717) is 0 Å². The summed E-state index contributed by atoms with van der Waals surface area (Å²) in [5, 5.41) is 2.46. The first-order chi connectivity index (χ1) is 15.6. The van der Waals surface area contributed by atoms with Crippen LogP contribution in [0.1, 0.15) is 33.4 Å². The molecule has 4 aromatic rings. The first-order valence-electron chi connectivity index (χ1n) is 10.8. The highest BCUT2D eigenvalue weighted by Crippen LogP contribution is 2.28. The number of hydrogen-bond acceptors (Lipinski definition) is 2. The Morgan fingerprint density at radius 1 is 0.531 bits per heavy atom. The Balaban J connectivity index is 1.67. The highest BCUT2D eigenvalue weighted by molar-refractivity contribution is 5.99. The van der Waals surface area contributed by atoms with Crippen LogP contribution >= 0.6 is 0 Å². The Morgan fingerprint density at radius 2 is 0.969 bits per heavy atom. The normalized spacial score (nSPS) is 11.5. The molecule has 0 amide bonds. The number of ether oxygens (including phenoxy) is 2. The van der Waals surface area contributed by atoms with E-state index in [9.17, 15) is 0 Å². The van der Waals surface area contributed by atoms with Gasteiger partial charge in [0.1, 0.15) is 11.5 Å². The van der Waals surface area contributed by atoms with Gasteiger partial charge in [-0.15, -0.1) is 0 Å². The highest BCUT2D eigenvalue weighted by atomic mass is 16.5. The van der Waals surface area contributed by atoms with Gasteiger partial charge in [0.05, 0.1) is 14.2 Å². The van der Waals surface area contributed by atoms with E-state index in [4.69, 9.17) is 9.47 Å². The Hall–Kier alpha value is -3.78. The summed E-state index contributed by atoms with van der Waals surface area (Å²) in [6.07, 6.45) is 8.62. The van der Waals surface area contributed by atoms with E-state index in [1.165, 1.54) is 21.9 Å². The maximum absolute atomic E-state index is 5.46. The maximum atomic E-state index is 5.46. The van der Waals surface area contributed by atoms with Crippen molar-refractivity contribution < 1.29 is 9.47 Å². The smallest absolute Gasteiger partial charge is 0.122 e. The summed E-state index contributed by atoms with van der Waals surface area (Å²) in [6.45, 7) is 4.11. The molecule has 0 heterocycles. The van der Waals surface area contributed by atoms with Gasteiger partial charge in [0.25, 0.3) is 0 Å². The molecule has 4 rings (SSSR count). The number of hydrogen-bond donors (Lipinski definition) is 0. The third-order valence-corrected chi connectivity index (χ3v) is 5.77. The van der Waals surface area contributed by atoms with Crippen molar-refractivity contribution in [3.63, 3.8) is 0 Å². The lowest BCUT2D eigenvalue weighted by atomic mass is 9.98. The molecule has 0 aliphatic heterocycles. The molecule has 0 saturated heterocycles. The van der Waals surface area contributed by atoms with Crippen LogP contribution in [-0.2, 0) is 0 Å². The summed E-state index contributed by atoms with van der Waals surface area (Å²) in [6, 6.07) is 25.4. The van der Waals surface area contributed by atoms with Crippen LogP contribution in [0, 0.1) is 13.8 Å². The molecule has 32 heavy (non-hydrogen) atoms. The monoisotopic (exact) mass is 420 g/mol. The first-order valence-corrected chi connectivity index (χ1v) is 10.8. The fourth-order valence-corrected chi connectivity index (χ4v) is 3.89. The van der Waals surface area contributed by atoms with Crippen LogP contribution in [0.5, 0.6) is 11.5 Å². The van der Waals surface area contributed by atoms with Crippen molar-refractivity contribution in [2.45, 2.75) is 13.8 Å². The van der Waals surface area contributed by atoms with Crippen LogP contribution in [0.3, 0.4) is 0 Å².